The predicted molar refractivity (Wildman–Crippen MR) is 67.2 cm³/mol. The van der Waals surface area contributed by atoms with E-state index < -0.39 is 12.4 Å². The van der Waals surface area contributed by atoms with Crippen LogP contribution >= 0.6 is 0 Å². The molecule has 2 fully saturated rings. The minimum Gasteiger partial charge on any atom is -0.430 e. The molecular weight excluding hydrogens is 248 g/mol. The molecule has 0 spiro atoms. The second-order valence-electron chi connectivity index (χ2n) is 6.58. The lowest BCUT2D eigenvalue weighted by Crippen LogP contribution is -2.44. The highest BCUT2D eigenvalue weighted by Gasteiger charge is 2.61. The Morgan fingerprint density at radius 2 is 2.05 bits per heavy atom. The minimum atomic E-state index is -0.917. The summed E-state index contributed by atoms with van der Waals surface area (Å²) in [5.41, 5.74) is 0.0166. The van der Waals surface area contributed by atoms with Crippen molar-refractivity contribution in [3.8, 4) is 0 Å². The third-order valence-corrected chi connectivity index (χ3v) is 4.86. The number of hydrogen-bond donors (Lipinski definition) is 0. The van der Waals surface area contributed by atoms with Crippen LogP contribution in [0.1, 0.15) is 47.0 Å². The van der Waals surface area contributed by atoms with E-state index in [0.29, 0.717) is 5.92 Å². The Morgan fingerprint density at radius 3 is 2.58 bits per heavy atom. The van der Waals surface area contributed by atoms with Crippen LogP contribution in [0.2, 0.25) is 0 Å². The first-order valence-corrected chi connectivity index (χ1v) is 6.76. The zero-order valence-corrected chi connectivity index (χ0v) is 12.0. The molecule has 2 rings (SSSR count). The topological polar surface area (TPSA) is 61.8 Å². The number of ether oxygens (including phenoxy) is 3. The molecule has 0 radical (unpaired) electrons. The van der Waals surface area contributed by atoms with Crippen LogP contribution in [0.15, 0.2) is 0 Å². The molecule has 0 saturated heterocycles. The molecule has 5 heteroatoms. The third kappa shape index (κ3) is 2.42. The molecule has 4 atom stereocenters. The zero-order chi connectivity index (χ0) is 14.3. The molecule has 5 nitrogen and oxygen atoms in total. The molecule has 3 unspecified atom stereocenters. The van der Waals surface area contributed by atoms with Gasteiger partial charge in [-0.3, -0.25) is 4.79 Å². The second-order valence-corrected chi connectivity index (χ2v) is 6.58. The predicted octanol–water partition coefficient (Wildman–Crippen LogP) is 2.87. The van der Waals surface area contributed by atoms with Gasteiger partial charge in [-0.2, -0.15) is 0 Å². The summed E-state index contributed by atoms with van der Waals surface area (Å²) in [7, 11) is 0. The Kier molecular flexibility index (Phi) is 3.49. The van der Waals surface area contributed by atoms with Crippen molar-refractivity contribution in [3.05, 3.63) is 0 Å². The molecule has 19 heavy (non-hydrogen) atoms. The van der Waals surface area contributed by atoms with Gasteiger partial charge >= 0.3 is 6.16 Å². The number of carbonyl (C=O) groups is 2. The molecule has 0 heterocycles. The molecule has 0 aromatic rings. The van der Waals surface area contributed by atoms with E-state index >= 15 is 0 Å². The summed E-state index contributed by atoms with van der Waals surface area (Å²) >= 11 is 0. The van der Waals surface area contributed by atoms with Crippen LogP contribution in [0, 0.1) is 16.7 Å². The standard InChI is InChI=1S/C14H22O5/c1-9(17-8-15)18-12(16)19-11-13(2,3)10-5-6-14(11,4)7-10/h8-11H,5-7H2,1-4H3/t9?,10?,11-,14?/m0/s1. The summed E-state index contributed by atoms with van der Waals surface area (Å²) < 4.78 is 14.9. The van der Waals surface area contributed by atoms with Crippen LogP contribution in [0.3, 0.4) is 0 Å². The van der Waals surface area contributed by atoms with E-state index in [4.69, 9.17) is 9.47 Å². The molecule has 2 bridgehead atoms. The van der Waals surface area contributed by atoms with E-state index in [-0.39, 0.29) is 23.4 Å². The molecule has 2 saturated carbocycles. The molecule has 2 aliphatic rings. The Bertz CT molecular complexity index is 373. The van der Waals surface area contributed by atoms with Gasteiger partial charge in [-0.1, -0.05) is 20.8 Å². The molecule has 0 aromatic carbocycles. The number of carbonyl (C=O) groups excluding carboxylic acids is 2. The van der Waals surface area contributed by atoms with E-state index in [9.17, 15) is 9.59 Å². The van der Waals surface area contributed by atoms with Crippen LogP contribution in [0.25, 0.3) is 0 Å². The van der Waals surface area contributed by atoms with Gasteiger partial charge in [0.1, 0.15) is 6.10 Å². The highest BCUT2D eigenvalue weighted by Crippen LogP contribution is 2.63. The first-order valence-electron chi connectivity index (χ1n) is 6.76. The van der Waals surface area contributed by atoms with Crippen molar-refractivity contribution in [2.75, 3.05) is 0 Å². The lowest BCUT2D eigenvalue weighted by molar-refractivity contribution is -0.157. The fraction of sp³-hybridized carbons (Fsp3) is 0.857. The summed E-state index contributed by atoms with van der Waals surface area (Å²) in [6.45, 7) is 8.19. The summed E-state index contributed by atoms with van der Waals surface area (Å²) in [6, 6.07) is 0. The fourth-order valence-corrected chi connectivity index (χ4v) is 3.92. The lowest BCUT2D eigenvalue weighted by atomic mass is 9.70. The van der Waals surface area contributed by atoms with E-state index in [1.165, 1.54) is 13.3 Å². The molecule has 0 aromatic heterocycles. The molecule has 0 N–H and O–H groups in total. The monoisotopic (exact) mass is 270 g/mol. The van der Waals surface area contributed by atoms with Crippen LogP contribution in [-0.2, 0) is 19.0 Å². The van der Waals surface area contributed by atoms with Gasteiger partial charge in [-0.15, -0.1) is 0 Å². The molecule has 0 amide bonds. The van der Waals surface area contributed by atoms with E-state index in [1.54, 1.807) is 0 Å². The Balaban J connectivity index is 1.98. The molecule has 2 aliphatic carbocycles. The van der Waals surface area contributed by atoms with Gasteiger partial charge < -0.3 is 14.2 Å². The van der Waals surface area contributed by atoms with Crippen LogP contribution in [-0.4, -0.2) is 25.0 Å². The largest absolute Gasteiger partial charge is 0.511 e. The Morgan fingerprint density at radius 1 is 1.37 bits per heavy atom. The zero-order valence-electron chi connectivity index (χ0n) is 12.0. The number of rotatable bonds is 4. The third-order valence-electron chi connectivity index (χ3n) is 4.86. The van der Waals surface area contributed by atoms with E-state index in [0.717, 1.165) is 12.8 Å². The van der Waals surface area contributed by atoms with Crippen molar-refractivity contribution in [1.29, 1.82) is 0 Å². The molecular formula is C14H22O5. The maximum absolute atomic E-state index is 11.8. The lowest BCUT2D eigenvalue weighted by Gasteiger charge is -2.41. The fourth-order valence-electron chi connectivity index (χ4n) is 3.92. The van der Waals surface area contributed by atoms with Crippen LogP contribution in [0.5, 0.6) is 0 Å². The van der Waals surface area contributed by atoms with Gasteiger partial charge in [0.15, 0.2) is 0 Å². The summed E-state index contributed by atoms with van der Waals surface area (Å²) in [6.07, 6.45) is 1.55. The van der Waals surface area contributed by atoms with Gasteiger partial charge in [-0.25, -0.2) is 4.79 Å². The van der Waals surface area contributed by atoms with Gasteiger partial charge in [0, 0.05) is 17.8 Å². The average Bonchev–Trinajstić information content (AvgIpc) is 2.76. The molecule has 0 aliphatic heterocycles. The van der Waals surface area contributed by atoms with Gasteiger partial charge in [0.05, 0.1) is 0 Å². The van der Waals surface area contributed by atoms with Crippen molar-refractivity contribution in [2.45, 2.75) is 59.4 Å². The van der Waals surface area contributed by atoms with Gasteiger partial charge in [0.2, 0.25) is 6.29 Å². The Hall–Kier alpha value is -1.26. The number of fused-ring (bicyclic) bond motifs is 2. The van der Waals surface area contributed by atoms with Crippen molar-refractivity contribution in [1.82, 2.24) is 0 Å². The Labute approximate surface area is 113 Å². The van der Waals surface area contributed by atoms with E-state index in [1.807, 2.05) is 0 Å². The first-order chi connectivity index (χ1) is 8.79. The normalized spacial score (nSPS) is 36.6. The summed E-state index contributed by atoms with van der Waals surface area (Å²) in [4.78, 5) is 21.9. The highest BCUT2D eigenvalue weighted by atomic mass is 16.8. The van der Waals surface area contributed by atoms with Crippen molar-refractivity contribution in [2.24, 2.45) is 16.7 Å². The smallest absolute Gasteiger partial charge is 0.430 e. The van der Waals surface area contributed by atoms with Crippen LogP contribution < -0.4 is 0 Å². The van der Waals surface area contributed by atoms with E-state index in [2.05, 4.69) is 25.5 Å². The van der Waals surface area contributed by atoms with Crippen molar-refractivity contribution >= 4 is 12.6 Å². The number of hydrogen-bond acceptors (Lipinski definition) is 5. The van der Waals surface area contributed by atoms with Gasteiger partial charge in [0.25, 0.3) is 6.47 Å². The first kappa shape index (κ1) is 14.2. The SMILES string of the molecule is CC(OC=O)OC(=O)O[C@@H]1C2(C)CCC(C2)C1(C)C. The maximum atomic E-state index is 11.8. The molecule has 108 valence electrons. The average molecular weight is 270 g/mol. The van der Waals surface area contributed by atoms with Gasteiger partial charge in [-0.05, 0) is 25.2 Å². The summed E-state index contributed by atoms with van der Waals surface area (Å²) in [5.74, 6) is 0.596. The maximum Gasteiger partial charge on any atom is 0.511 e. The van der Waals surface area contributed by atoms with Crippen molar-refractivity contribution in [3.63, 3.8) is 0 Å². The highest BCUT2D eigenvalue weighted by molar-refractivity contribution is 5.60. The quantitative estimate of drug-likeness (QED) is 0.446. The summed E-state index contributed by atoms with van der Waals surface area (Å²) in [5, 5.41) is 0. The minimum absolute atomic E-state index is 0.0270. The van der Waals surface area contributed by atoms with Crippen molar-refractivity contribution < 1.29 is 23.8 Å². The van der Waals surface area contributed by atoms with Crippen LogP contribution in [0.4, 0.5) is 4.79 Å². The second kappa shape index (κ2) is 4.69.